The summed E-state index contributed by atoms with van der Waals surface area (Å²) in [6, 6.07) is 6.66. The van der Waals surface area contributed by atoms with Crippen molar-refractivity contribution in [2.24, 2.45) is 0 Å². The number of thioether (sulfide) groups is 1. The van der Waals surface area contributed by atoms with Crippen molar-refractivity contribution in [3.05, 3.63) is 35.7 Å². The first-order valence-electron chi connectivity index (χ1n) is 12.7. The van der Waals surface area contributed by atoms with Gasteiger partial charge >= 0.3 is 17.9 Å². The van der Waals surface area contributed by atoms with Crippen LogP contribution in [0.25, 0.3) is 0 Å². The van der Waals surface area contributed by atoms with Gasteiger partial charge in [0.2, 0.25) is 5.91 Å². The van der Waals surface area contributed by atoms with Gasteiger partial charge in [0.15, 0.2) is 23.2 Å². The molecule has 0 bridgehead atoms. The van der Waals surface area contributed by atoms with Crippen LogP contribution < -0.4 is 10.1 Å². The van der Waals surface area contributed by atoms with E-state index in [9.17, 15) is 19.2 Å². The molecule has 0 spiro atoms. The molecular formula is C26H34N4O9S. The largest absolute Gasteiger partial charge is 0.486 e. The van der Waals surface area contributed by atoms with Gasteiger partial charge in [0.1, 0.15) is 36.5 Å². The number of carbonyl (C=O) groups is 4. The molecule has 1 saturated heterocycles. The lowest BCUT2D eigenvalue weighted by molar-refractivity contribution is -0.211. The van der Waals surface area contributed by atoms with E-state index in [0.29, 0.717) is 23.3 Å². The Morgan fingerprint density at radius 2 is 1.73 bits per heavy atom. The fourth-order valence-electron chi connectivity index (χ4n) is 4.18. The van der Waals surface area contributed by atoms with Gasteiger partial charge in [0, 0.05) is 34.2 Å². The first-order valence-corrected chi connectivity index (χ1v) is 13.5. The van der Waals surface area contributed by atoms with Gasteiger partial charge in [-0.15, -0.1) is 10.2 Å². The lowest BCUT2D eigenvalue weighted by Crippen LogP contribution is -2.65. The summed E-state index contributed by atoms with van der Waals surface area (Å²) in [5.74, 6) is -1.09. The number of esters is 3. The zero-order valence-electron chi connectivity index (χ0n) is 23.2. The predicted octanol–water partition coefficient (Wildman–Crippen LogP) is 1.93. The van der Waals surface area contributed by atoms with Gasteiger partial charge in [-0.1, -0.05) is 23.9 Å². The molecule has 5 atom stereocenters. The number of nitrogens with one attached hydrogen (secondary N) is 1. The number of aryl methyl sites for hydroxylation is 1. The van der Waals surface area contributed by atoms with Crippen molar-refractivity contribution < 1.29 is 42.9 Å². The summed E-state index contributed by atoms with van der Waals surface area (Å²) in [6.07, 6.45) is -3.34. The van der Waals surface area contributed by atoms with E-state index in [-0.39, 0.29) is 13.2 Å². The van der Waals surface area contributed by atoms with Crippen molar-refractivity contribution in [2.45, 2.75) is 89.6 Å². The quantitative estimate of drug-likeness (QED) is 0.306. The zero-order valence-corrected chi connectivity index (χ0v) is 24.1. The first kappa shape index (κ1) is 30.9. The second-order valence-corrected chi connectivity index (χ2v) is 10.2. The van der Waals surface area contributed by atoms with Crippen LogP contribution in [0.1, 0.15) is 46.0 Å². The lowest BCUT2D eigenvalue weighted by atomic mass is 9.97. The van der Waals surface area contributed by atoms with Crippen molar-refractivity contribution in [1.82, 2.24) is 20.1 Å². The maximum atomic E-state index is 12.2. The molecule has 1 aromatic heterocycles. The Morgan fingerprint density at radius 1 is 1.02 bits per heavy atom. The van der Waals surface area contributed by atoms with Crippen molar-refractivity contribution in [1.29, 1.82) is 0 Å². The number of aromatic nitrogens is 3. The number of hydrogen-bond acceptors (Lipinski definition) is 12. The summed E-state index contributed by atoms with van der Waals surface area (Å²) in [5, 5.41) is 11.8. The van der Waals surface area contributed by atoms with E-state index < -0.39 is 53.6 Å². The Hall–Kier alpha value is -3.65. The third-order valence-electron chi connectivity index (χ3n) is 5.76. The Morgan fingerprint density at radius 3 is 2.33 bits per heavy atom. The van der Waals surface area contributed by atoms with Crippen LogP contribution in [0.4, 0.5) is 0 Å². The molecule has 1 N–H and O–H groups in total. The van der Waals surface area contributed by atoms with Crippen molar-refractivity contribution in [3.8, 4) is 5.75 Å². The molecule has 1 amide bonds. The van der Waals surface area contributed by atoms with Gasteiger partial charge in [-0.3, -0.25) is 19.2 Å². The average molecular weight is 579 g/mol. The van der Waals surface area contributed by atoms with Crippen LogP contribution >= 0.6 is 11.8 Å². The van der Waals surface area contributed by atoms with E-state index in [1.807, 2.05) is 42.7 Å². The number of nitrogens with zero attached hydrogens (tertiary/aromatic N) is 3. The highest BCUT2D eigenvalue weighted by molar-refractivity contribution is 7.99. The number of rotatable bonds is 11. The van der Waals surface area contributed by atoms with Crippen LogP contribution in [0.15, 0.2) is 29.4 Å². The minimum absolute atomic E-state index is 0.158. The van der Waals surface area contributed by atoms with Gasteiger partial charge in [0.05, 0.1) is 0 Å². The van der Waals surface area contributed by atoms with E-state index in [2.05, 4.69) is 15.5 Å². The molecule has 14 heteroatoms. The Kier molecular flexibility index (Phi) is 10.9. The monoisotopic (exact) mass is 578 g/mol. The molecule has 1 aliphatic rings. The van der Waals surface area contributed by atoms with Crippen LogP contribution in [-0.2, 0) is 51.3 Å². The molecule has 40 heavy (non-hydrogen) atoms. The molecule has 3 rings (SSSR count). The van der Waals surface area contributed by atoms with E-state index in [1.165, 1.54) is 27.7 Å². The number of ether oxygens (including phenoxy) is 5. The maximum Gasteiger partial charge on any atom is 0.303 e. The number of carbonyl (C=O) groups excluding carboxylic acids is 4. The summed E-state index contributed by atoms with van der Waals surface area (Å²) in [4.78, 5) is 47.8. The third-order valence-corrected chi connectivity index (χ3v) is 6.91. The zero-order chi connectivity index (χ0) is 29.4. The van der Waals surface area contributed by atoms with Crippen LogP contribution in [-0.4, -0.2) is 75.0 Å². The molecule has 218 valence electrons. The standard InChI is InChI=1S/C26H34N4O9S/c1-7-30-21(13-36-19-10-8-9-14(2)11-19)28-29-26(30)40-25-22(27-15(3)31)24(38-18(6)34)23(37-17(5)33)20(39-25)12-35-16(4)32/h8-11,20,22-25H,7,12-13H2,1-6H3,(H,27,31)/t20-,22-,23-,24-,25-/m1/s1. The Bertz CT molecular complexity index is 1220. The van der Waals surface area contributed by atoms with E-state index in [4.69, 9.17) is 23.7 Å². The topological polar surface area (TPSA) is 157 Å². The molecule has 2 heterocycles. The molecule has 1 aromatic carbocycles. The van der Waals surface area contributed by atoms with Gasteiger partial charge in [-0.25, -0.2) is 0 Å². The minimum Gasteiger partial charge on any atom is -0.486 e. The van der Waals surface area contributed by atoms with E-state index >= 15 is 0 Å². The second-order valence-electron chi connectivity index (χ2n) is 9.09. The summed E-state index contributed by atoms with van der Waals surface area (Å²) >= 11 is 1.13. The molecule has 0 unspecified atom stereocenters. The molecule has 13 nitrogen and oxygen atoms in total. The Labute approximate surface area is 236 Å². The predicted molar refractivity (Wildman–Crippen MR) is 141 cm³/mol. The molecule has 1 aliphatic heterocycles. The highest BCUT2D eigenvalue weighted by Crippen LogP contribution is 2.36. The molecule has 0 radical (unpaired) electrons. The Balaban J connectivity index is 1.92. The highest BCUT2D eigenvalue weighted by atomic mass is 32.2. The maximum absolute atomic E-state index is 12.2. The van der Waals surface area contributed by atoms with Gasteiger partial charge in [0.25, 0.3) is 0 Å². The summed E-state index contributed by atoms with van der Waals surface area (Å²) in [6.45, 7) is 9.16. The molecule has 0 saturated carbocycles. The van der Waals surface area contributed by atoms with E-state index in [1.54, 1.807) is 0 Å². The van der Waals surface area contributed by atoms with Crippen molar-refractivity contribution >= 4 is 35.6 Å². The fraction of sp³-hybridized carbons (Fsp3) is 0.538. The smallest absolute Gasteiger partial charge is 0.303 e. The molecule has 1 fully saturated rings. The molecule has 0 aliphatic carbocycles. The minimum atomic E-state index is -1.17. The van der Waals surface area contributed by atoms with Crippen molar-refractivity contribution in [2.75, 3.05) is 6.61 Å². The third kappa shape index (κ3) is 8.42. The first-order chi connectivity index (χ1) is 19.0. The van der Waals surface area contributed by atoms with Gasteiger partial charge in [-0.2, -0.15) is 0 Å². The van der Waals surface area contributed by atoms with Crippen LogP contribution in [0.2, 0.25) is 0 Å². The van der Waals surface area contributed by atoms with Crippen LogP contribution in [0, 0.1) is 6.92 Å². The van der Waals surface area contributed by atoms with Crippen molar-refractivity contribution in [3.63, 3.8) is 0 Å². The van der Waals surface area contributed by atoms with Gasteiger partial charge < -0.3 is 33.6 Å². The normalized spacial score (nSPS) is 22.2. The SMILES string of the molecule is CCn1c(COc2cccc(C)c2)nnc1S[C@H]1O[C@H](COC(C)=O)[C@@H](OC(C)=O)[C@H](OC(C)=O)[C@H]1NC(C)=O. The molecular weight excluding hydrogens is 544 g/mol. The average Bonchev–Trinajstić information content (AvgIpc) is 3.25. The summed E-state index contributed by atoms with van der Waals surface area (Å²) in [7, 11) is 0. The van der Waals surface area contributed by atoms with Crippen LogP contribution in [0.3, 0.4) is 0 Å². The number of hydrogen-bond donors (Lipinski definition) is 1. The summed E-state index contributed by atoms with van der Waals surface area (Å²) in [5.41, 5.74) is 0.155. The van der Waals surface area contributed by atoms with Gasteiger partial charge in [-0.05, 0) is 31.5 Å². The summed E-state index contributed by atoms with van der Waals surface area (Å²) < 4.78 is 30.1. The highest BCUT2D eigenvalue weighted by Gasteiger charge is 2.51. The number of benzene rings is 1. The second kappa shape index (κ2) is 14.1. The van der Waals surface area contributed by atoms with Crippen LogP contribution in [0.5, 0.6) is 5.75 Å². The number of amides is 1. The fourth-order valence-corrected chi connectivity index (χ4v) is 5.40. The molecule has 2 aromatic rings. The lowest BCUT2D eigenvalue weighted by Gasteiger charge is -2.44. The van der Waals surface area contributed by atoms with E-state index in [0.717, 1.165) is 17.3 Å².